The molecule has 0 radical (unpaired) electrons. The fraction of sp³-hybridized carbons (Fsp3) is 0.300. The fourth-order valence-corrected chi connectivity index (χ4v) is 2.97. The molecule has 1 atom stereocenters. The van der Waals surface area contributed by atoms with Crippen LogP contribution in [-0.2, 0) is 11.3 Å². The summed E-state index contributed by atoms with van der Waals surface area (Å²) in [6.07, 6.45) is 1.54. The molecule has 0 spiro atoms. The predicted molar refractivity (Wildman–Crippen MR) is 93.4 cm³/mol. The van der Waals surface area contributed by atoms with E-state index in [9.17, 15) is 14.0 Å². The summed E-state index contributed by atoms with van der Waals surface area (Å²) in [4.78, 5) is 25.9. The van der Waals surface area contributed by atoms with Crippen molar-refractivity contribution in [3.63, 3.8) is 0 Å². The van der Waals surface area contributed by atoms with Gasteiger partial charge in [0.05, 0.1) is 6.04 Å². The van der Waals surface area contributed by atoms with Crippen LogP contribution in [0.3, 0.4) is 0 Å². The van der Waals surface area contributed by atoms with Gasteiger partial charge >= 0.3 is 0 Å². The summed E-state index contributed by atoms with van der Waals surface area (Å²) in [5.74, 6) is -0.287. The van der Waals surface area contributed by atoms with Gasteiger partial charge in [-0.1, -0.05) is 24.3 Å². The third-order valence-corrected chi connectivity index (χ3v) is 4.48. The molecule has 1 aliphatic heterocycles. The lowest BCUT2D eigenvalue weighted by Crippen LogP contribution is -2.27. The highest BCUT2D eigenvalue weighted by Crippen LogP contribution is 2.16. The maximum atomic E-state index is 13.0. The van der Waals surface area contributed by atoms with E-state index in [-0.39, 0.29) is 23.7 Å². The van der Waals surface area contributed by atoms with Crippen molar-refractivity contribution in [2.45, 2.75) is 32.4 Å². The average Bonchev–Trinajstić information content (AvgIpc) is 3.01. The van der Waals surface area contributed by atoms with E-state index in [1.54, 1.807) is 24.3 Å². The normalized spacial score (nSPS) is 15.3. The van der Waals surface area contributed by atoms with Gasteiger partial charge in [0.15, 0.2) is 0 Å². The van der Waals surface area contributed by atoms with Gasteiger partial charge in [-0.2, -0.15) is 0 Å². The number of likely N-dealkylation sites (tertiary alicyclic amines) is 1. The maximum Gasteiger partial charge on any atom is 0.251 e. The summed E-state index contributed by atoms with van der Waals surface area (Å²) in [7, 11) is 0. The molecular weight excluding hydrogens is 319 g/mol. The Kier molecular flexibility index (Phi) is 5.12. The Bertz CT molecular complexity index is 756. The standard InChI is InChI=1S/C20H21FN2O2/c1-14(16-8-10-18(21)11-9-16)22-20(25)17-6-4-15(5-7-17)13-23-12-2-3-19(23)24/h4-11,14H,2-3,12-13H2,1H3,(H,22,25). The molecule has 25 heavy (non-hydrogen) atoms. The number of nitrogens with one attached hydrogen (secondary N) is 1. The Labute approximate surface area is 146 Å². The minimum atomic E-state index is -0.297. The van der Waals surface area contributed by atoms with Crippen LogP contribution in [0, 0.1) is 5.82 Å². The van der Waals surface area contributed by atoms with Crippen molar-refractivity contribution in [1.29, 1.82) is 0 Å². The van der Waals surface area contributed by atoms with Crippen LogP contribution < -0.4 is 5.32 Å². The van der Waals surface area contributed by atoms with E-state index < -0.39 is 0 Å². The van der Waals surface area contributed by atoms with Crippen molar-refractivity contribution >= 4 is 11.8 Å². The number of hydrogen-bond donors (Lipinski definition) is 1. The van der Waals surface area contributed by atoms with Crippen molar-refractivity contribution in [3.05, 3.63) is 71.0 Å². The fourth-order valence-electron chi connectivity index (χ4n) is 2.97. The molecule has 0 aromatic heterocycles. The van der Waals surface area contributed by atoms with Crippen LogP contribution in [-0.4, -0.2) is 23.3 Å². The van der Waals surface area contributed by atoms with Crippen LogP contribution in [0.4, 0.5) is 4.39 Å². The van der Waals surface area contributed by atoms with Crippen molar-refractivity contribution in [3.8, 4) is 0 Å². The minimum Gasteiger partial charge on any atom is -0.346 e. The van der Waals surface area contributed by atoms with Gasteiger partial charge in [-0.25, -0.2) is 4.39 Å². The Morgan fingerprint density at radius 2 is 1.84 bits per heavy atom. The molecule has 0 bridgehead atoms. The minimum absolute atomic E-state index is 0.180. The van der Waals surface area contributed by atoms with E-state index in [0.717, 1.165) is 24.1 Å². The van der Waals surface area contributed by atoms with E-state index in [2.05, 4.69) is 5.32 Å². The molecule has 2 aromatic carbocycles. The van der Waals surface area contributed by atoms with E-state index >= 15 is 0 Å². The van der Waals surface area contributed by atoms with Crippen molar-refractivity contribution in [2.75, 3.05) is 6.54 Å². The summed E-state index contributed by atoms with van der Waals surface area (Å²) in [6.45, 7) is 3.25. The molecule has 130 valence electrons. The lowest BCUT2D eigenvalue weighted by atomic mass is 10.1. The third kappa shape index (κ3) is 4.24. The number of amides is 2. The quantitative estimate of drug-likeness (QED) is 0.906. The molecule has 2 amide bonds. The van der Waals surface area contributed by atoms with E-state index in [1.807, 2.05) is 24.0 Å². The summed E-state index contributed by atoms with van der Waals surface area (Å²) < 4.78 is 13.0. The maximum absolute atomic E-state index is 13.0. The van der Waals surface area contributed by atoms with Crippen LogP contribution in [0.25, 0.3) is 0 Å². The zero-order valence-electron chi connectivity index (χ0n) is 14.2. The predicted octanol–water partition coefficient (Wildman–Crippen LogP) is 3.44. The highest BCUT2D eigenvalue weighted by atomic mass is 19.1. The molecule has 3 rings (SSSR count). The first kappa shape index (κ1) is 17.1. The van der Waals surface area contributed by atoms with Gasteiger partial charge in [0, 0.05) is 25.1 Å². The second-order valence-corrected chi connectivity index (χ2v) is 6.36. The molecule has 1 N–H and O–H groups in total. The van der Waals surface area contributed by atoms with Gasteiger partial charge in [-0.05, 0) is 48.7 Å². The number of halogens is 1. The van der Waals surface area contributed by atoms with E-state index in [1.165, 1.54) is 12.1 Å². The monoisotopic (exact) mass is 340 g/mol. The second kappa shape index (κ2) is 7.47. The van der Waals surface area contributed by atoms with Crippen molar-refractivity contribution in [2.24, 2.45) is 0 Å². The van der Waals surface area contributed by atoms with Gasteiger partial charge < -0.3 is 10.2 Å². The Morgan fingerprint density at radius 1 is 1.16 bits per heavy atom. The van der Waals surface area contributed by atoms with Gasteiger partial charge in [-0.3, -0.25) is 9.59 Å². The smallest absolute Gasteiger partial charge is 0.251 e. The molecule has 2 aromatic rings. The van der Waals surface area contributed by atoms with Gasteiger partial charge in [-0.15, -0.1) is 0 Å². The number of carbonyl (C=O) groups is 2. The molecule has 4 nitrogen and oxygen atoms in total. The number of carbonyl (C=O) groups excluding carboxylic acids is 2. The highest BCUT2D eigenvalue weighted by molar-refractivity contribution is 5.94. The molecule has 5 heteroatoms. The highest BCUT2D eigenvalue weighted by Gasteiger charge is 2.20. The first-order chi connectivity index (χ1) is 12.0. The molecule has 1 unspecified atom stereocenters. The van der Waals surface area contributed by atoms with E-state index in [4.69, 9.17) is 0 Å². The van der Waals surface area contributed by atoms with Crippen LogP contribution in [0.5, 0.6) is 0 Å². The van der Waals surface area contributed by atoms with Crippen LogP contribution in [0.15, 0.2) is 48.5 Å². The largest absolute Gasteiger partial charge is 0.346 e. The molecule has 1 saturated heterocycles. The summed E-state index contributed by atoms with van der Waals surface area (Å²) in [5, 5.41) is 2.91. The van der Waals surface area contributed by atoms with Gasteiger partial charge in [0.1, 0.15) is 5.82 Å². The summed E-state index contributed by atoms with van der Waals surface area (Å²) in [6, 6.07) is 13.2. The first-order valence-electron chi connectivity index (χ1n) is 8.46. The Hall–Kier alpha value is -2.69. The molecule has 1 fully saturated rings. The van der Waals surface area contributed by atoms with Gasteiger partial charge in [0.2, 0.25) is 5.91 Å². The number of nitrogens with zero attached hydrogens (tertiary/aromatic N) is 1. The van der Waals surface area contributed by atoms with Crippen LogP contribution >= 0.6 is 0 Å². The first-order valence-corrected chi connectivity index (χ1v) is 8.46. The second-order valence-electron chi connectivity index (χ2n) is 6.36. The average molecular weight is 340 g/mol. The van der Waals surface area contributed by atoms with Crippen LogP contribution in [0.2, 0.25) is 0 Å². The van der Waals surface area contributed by atoms with Crippen molar-refractivity contribution in [1.82, 2.24) is 10.2 Å². The molecule has 1 heterocycles. The number of hydrogen-bond acceptors (Lipinski definition) is 2. The summed E-state index contributed by atoms with van der Waals surface area (Å²) in [5.41, 5.74) is 2.42. The third-order valence-electron chi connectivity index (χ3n) is 4.48. The molecule has 1 aliphatic rings. The number of benzene rings is 2. The molecular formula is C20H21FN2O2. The zero-order chi connectivity index (χ0) is 17.8. The lowest BCUT2D eigenvalue weighted by molar-refractivity contribution is -0.128. The Morgan fingerprint density at radius 3 is 2.44 bits per heavy atom. The molecule has 0 aliphatic carbocycles. The van der Waals surface area contributed by atoms with Crippen LogP contribution in [0.1, 0.15) is 47.3 Å². The zero-order valence-corrected chi connectivity index (χ0v) is 14.2. The number of rotatable bonds is 5. The van der Waals surface area contributed by atoms with E-state index in [0.29, 0.717) is 18.5 Å². The summed E-state index contributed by atoms with van der Waals surface area (Å²) >= 11 is 0. The SMILES string of the molecule is CC(NC(=O)c1ccc(CN2CCCC2=O)cc1)c1ccc(F)cc1. The lowest BCUT2D eigenvalue weighted by Gasteiger charge is -2.16. The Balaban J connectivity index is 1.60. The topological polar surface area (TPSA) is 49.4 Å². The molecule has 0 saturated carbocycles. The van der Waals surface area contributed by atoms with Gasteiger partial charge in [0.25, 0.3) is 5.91 Å². The van der Waals surface area contributed by atoms with Crippen molar-refractivity contribution < 1.29 is 14.0 Å².